The second-order valence-electron chi connectivity index (χ2n) is 6.39. The third-order valence-electron chi connectivity index (χ3n) is 4.59. The number of hydrogen-bond acceptors (Lipinski definition) is 5. The molecule has 1 aliphatic rings. The van der Waals surface area contributed by atoms with Crippen LogP contribution in [0.5, 0.6) is 0 Å². The number of nitrogens with zero attached hydrogens (tertiary/aromatic N) is 2. The van der Waals surface area contributed by atoms with E-state index in [-0.39, 0.29) is 44.6 Å². The quantitative estimate of drug-likeness (QED) is 0.546. The molecule has 148 valence electrons. The summed E-state index contributed by atoms with van der Waals surface area (Å²) in [4.78, 5) is 37.2. The minimum absolute atomic E-state index is 0.0411. The first-order chi connectivity index (χ1) is 12.7. The van der Waals surface area contributed by atoms with Crippen LogP contribution in [0.2, 0.25) is 0 Å². The molecule has 6 nitrogen and oxygen atoms in total. The van der Waals surface area contributed by atoms with E-state index in [0.29, 0.717) is 0 Å². The van der Waals surface area contributed by atoms with Gasteiger partial charge in [-0.3, -0.25) is 14.5 Å². The number of esters is 1. The molecule has 0 radical (unpaired) electrons. The number of rotatable bonds is 6. The average Bonchev–Trinajstić information content (AvgIpc) is 2.64. The molecule has 1 atom stereocenters. The van der Waals surface area contributed by atoms with Crippen molar-refractivity contribution in [2.45, 2.75) is 18.5 Å². The summed E-state index contributed by atoms with van der Waals surface area (Å²) in [6, 6.07) is 7.10. The Morgan fingerprint density at radius 3 is 2.19 bits per heavy atom. The SMILES string of the molecule is CC(=O)OCC(=O)N1CCN(CC(C=O)(c2ccccc2)C(F)(F)F)CC1. The number of halogens is 3. The molecule has 0 spiro atoms. The van der Waals surface area contributed by atoms with Gasteiger partial charge in [-0.1, -0.05) is 30.3 Å². The number of benzene rings is 1. The van der Waals surface area contributed by atoms with Crippen molar-refractivity contribution in [2.75, 3.05) is 39.3 Å². The van der Waals surface area contributed by atoms with Crippen molar-refractivity contribution < 1.29 is 32.3 Å². The molecule has 0 aromatic heterocycles. The topological polar surface area (TPSA) is 66.9 Å². The number of carbonyl (C=O) groups excluding carboxylic acids is 3. The van der Waals surface area contributed by atoms with E-state index in [4.69, 9.17) is 0 Å². The van der Waals surface area contributed by atoms with Crippen LogP contribution in [0.3, 0.4) is 0 Å². The number of hydrogen-bond donors (Lipinski definition) is 0. The van der Waals surface area contributed by atoms with Crippen LogP contribution in [-0.4, -0.2) is 73.5 Å². The first kappa shape index (κ1) is 20.9. The summed E-state index contributed by atoms with van der Waals surface area (Å²) in [7, 11) is 0. The van der Waals surface area contributed by atoms with Gasteiger partial charge in [0.05, 0.1) is 0 Å². The van der Waals surface area contributed by atoms with Crippen LogP contribution < -0.4 is 0 Å². The molecule has 2 rings (SSSR count). The zero-order valence-corrected chi connectivity index (χ0v) is 14.9. The Hall–Kier alpha value is -2.42. The summed E-state index contributed by atoms with van der Waals surface area (Å²) in [6.07, 6.45) is -4.79. The molecule has 0 aliphatic carbocycles. The van der Waals surface area contributed by atoms with Crippen molar-refractivity contribution in [3.8, 4) is 0 Å². The normalized spacial score (nSPS) is 17.9. The lowest BCUT2D eigenvalue weighted by Gasteiger charge is -2.40. The van der Waals surface area contributed by atoms with Gasteiger partial charge in [0.2, 0.25) is 0 Å². The van der Waals surface area contributed by atoms with Crippen LogP contribution >= 0.6 is 0 Å². The molecule has 1 saturated heterocycles. The van der Waals surface area contributed by atoms with E-state index in [1.165, 1.54) is 41.0 Å². The van der Waals surface area contributed by atoms with Gasteiger partial charge in [-0.05, 0) is 5.56 Å². The van der Waals surface area contributed by atoms with Crippen LogP contribution in [0.4, 0.5) is 13.2 Å². The molecule has 0 bridgehead atoms. The fraction of sp³-hybridized carbons (Fsp3) is 0.500. The van der Waals surface area contributed by atoms with Gasteiger partial charge < -0.3 is 14.4 Å². The number of ether oxygens (including phenoxy) is 1. The van der Waals surface area contributed by atoms with Crippen molar-refractivity contribution in [1.29, 1.82) is 0 Å². The van der Waals surface area contributed by atoms with Crippen LogP contribution in [0.1, 0.15) is 12.5 Å². The van der Waals surface area contributed by atoms with E-state index in [1.807, 2.05) is 0 Å². The van der Waals surface area contributed by atoms with E-state index in [2.05, 4.69) is 4.74 Å². The Kier molecular flexibility index (Phi) is 6.59. The minimum Gasteiger partial charge on any atom is -0.456 e. The van der Waals surface area contributed by atoms with Gasteiger partial charge in [-0.25, -0.2) is 0 Å². The molecule has 1 unspecified atom stereocenters. The van der Waals surface area contributed by atoms with Crippen LogP contribution in [0.25, 0.3) is 0 Å². The van der Waals surface area contributed by atoms with E-state index < -0.39 is 30.0 Å². The smallest absolute Gasteiger partial charge is 0.406 e. The monoisotopic (exact) mass is 386 g/mol. The van der Waals surface area contributed by atoms with Gasteiger partial charge >= 0.3 is 12.1 Å². The minimum atomic E-state index is -4.75. The predicted molar refractivity (Wildman–Crippen MR) is 89.9 cm³/mol. The fourth-order valence-electron chi connectivity index (χ4n) is 3.02. The standard InChI is InChI=1S/C18H21F3N2O4/c1-14(25)27-11-16(26)23-9-7-22(8-10-23)12-17(13-24,18(19,20)21)15-5-3-2-4-6-15/h2-6,13H,7-12H2,1H3. The highest BCUT2D eigenvalue weighted by Gasteiger charge is 2.57. The maximum atomic E-state index is 13.8. The Bertz CT molecular complexity index is 673. The molecular formula is C18H21F3N2O4. The van der Waals surface area contributed by atoms with Crippen molar-refractivity contribution in [2.24, 2.45) is 0 Å². The maximum Gasteiger partial charge on any atom is 0.406 e. The van der Waals surface area contributed by atoms with Crippen LogP contribution in [-0.2, 0) is 24.5 Å². The molecule has 1 amide bonds. The molecule has 1 aromatic rings. The zero-order valence-electron chi connectivity index (χ0n) is 14.9. The van der Waals surface area contributed by atoms with Gasteiger partial charge in [-0.15, -0.1) is 0 Å². The zero-order chi connectivity index (χ0) is 20.1. The van der Waals surface area contributed by atoms with Gasteiger partial charge in [0.1, 0.15) is 6.29 Å². The van der Waals surface area contributed by atoms with Crippen LogP contribution in [0.15, 0.2) is 30.3 Å². The number of amides is 1. The summed E-state index contributed by atoms with van der Waals surface area (Å²) in [5.74, 6) is -0.976. The average molecular weight is 386 g/mol. The molecular weight excluding hydrogens is 365 g/mol. The Labute approximate surface area is 154 Å². The highest BCUT2D eigenvalue weighted by atomic mass is 19.4. The summed E-state index contributed by atoms with van der Waals surface area (Å²) < 4.78 is 46.1. The highest BCUT2D eigenvalue weighted by molar-refractivity contribution is 5.80. The van der Waals surface area contributed by atoms with Gasteiger partial charge in [0.15, 0.2) is 12.0 Å². The third kappa shape index (κ3) is 4.85. The first-order valence-electron chi connectivity index (χ1n) is 8.41. The number of alkyl halides is 3. The van der Waals surface area contributed by atoms with E-state index in [1.54, 1.807) is 6.07 Å². The first-order valence-corrected chi connectivity index (χ1v) is 8.41. The largest absolute Gasteiger partial charge is 0.456 e. The lowest BCUT2D eigenvalue weighted by Crippen LogP contribution is -2.57. The molecule has 9 heteroatoms. The van der Waals surface area contributed by atoms with Crippen molar-refractivity contribution >= 4 is 18.2 Å². The highest BCUT2D eigenvalue weighted by Crippen LogP contribution is 2.40. The third-order valence-corrected chi connectivity index (χ3v) is 4.59. The molecule has 1 fully saturated rings. The lowest BCUT2D eigenvalue weighted by atomic mass is 9.80. The fourth-order valence-corrected chi connectivity index (χ4v) is 3.02. The number of aldehydes is 1. The second-order valence-corrected chi connectivity index (χ2v) is 6.39. The summed E-state index contributed by atoms with van der Waals surface area (Å²) in [5, 5.41) is 0. The molecule has 1 aromatic carbocycles. The predicted octanol–water partition coefficient (Wildman–Crippen LogP) is 1.39. The van der Waals surface area contributed by atoms with Gasteiger partial charge in [0, 0.05) is 39.6 Å². The molecule has 1 heterocycles. The van der Waals surface area contributed by atoms with E-state index >= 15 is 0 Å². The number of carbonyl (C=O) groups is 3. The molecule has 0 saturated carbocycles. The Morgan fingerprint density at radius 1 is 1.11 bits per heavy atom. The van der Waals surface area contributed by atoms with E-state index in [9.17, 15) is 27.6 Å². The molecule has 27 heavy (non-hydrogen) atoms. The van der Waals surface area contributed by atoms with Gasteiger partial charge in [0.25, 0.3) is 5.91 Å². The summed E-state index contributed by atoms with van der Waals surface area (Å²) >= 11 is 0. The van der Waals surface area contributed by atoms with Crippen molar-refractivity contribution in [1.82, 2.24) is 9.80 Å². The van der Waals surface area contributed by atoms with Gasteiger partial charge in [-0.2, -0.15) is 13.2 Å². The maximum absolute atomic E-state index is 13.8. The van der Waals surface area contributed by atoms with E-state index in [0.717, 1.165) is 0 Å². The summed E-state index contributed by atoms with van der Waals surface area (Å²) in [5.41, 5.74) is -2.74. The van der Waals surface area contributed by atoms with Crippen LogP contribution in [0, 0.1) is 0 Å². The molecule has 0 N–H and O–H groups in total. The second kappa shape index (κ2) is 8.51. The number of piperazine rings is 1. The Morgan fingerprint density at radius 2 is 1.70 bits per heavy atom. The lowest BCUT2D eigenvalue weighted by molar-refractivity contribution is -0.192. The Balaban J connectivity index is 2.07. The molecule has 1 aliphatic heterocycles. The van der Waals surface area contributed by atoms with Crippen molar-refractivity contribution in [3.63, 3.8) is 0 Å². The van der Waals surface area contributed by atoms with Crippen molar-refractivity contribution in [3.05, 3.63) is 35.9 Å². The summed E-state index contributed by atoms with van der Waals surface area (Å²) in [6.45, 7) is 1.04.